The summed E-state index contributed by atoms with van der Waals surface area (Å²) in [7, 11) is 1.17. The predicted molar refractivity (Wildman–Crippen MR) is 204 cm³/mol. The molecule has 0 spiro atoms. The zero-order valence-electron chi connectivity index (χ0n) is 33.1. The monoisotopic (exact) mass is 732 g/mol. The van der Waals surface area contributed by atoms with Gasteiger partial charge in [-0.05, 0) is 38.5 Å². The predicted octanol–water partition coefficient (Wildman–Crippen LogP) is 10.4. The van der Waals surface area contributed by atoms with Gasteiger partial charge >= 0.3 is 11.9 Å². The highest BCUT2D eigenvalue weighted by Crippen LogP contribution is 2.38. The van der Waals surface area contributed by atoms with Crippen LogP contribution in [0.15, 0.2) is 12.2 Å². The number of esters is 2. The number of phosphoric ester groups is 1. The van der Waals surface area contributed by atoms with Gasteiger partial charge in [-0.1, -0.05) is 142 Å². The van der Waals surface area contributed by atoms with Gasteiger partial charge in [0.15, 0.2) is 6.10 Å². The minimum Gasteiger partial charge on any atom is -0.756 e. The smallest absolute Gasteiger partial charge is 0.306 e. The third-order valence-corrected chi connectivity index (χ3v) is 9.75. The van der Waals surface area contributed by atoms with Crippen LogP contribution in [0.3, 0.4) is 0 Å². The van der Waals surface area contributed by atoms with E-state index in [-0.39, 0.29) is 32.0 Å². The summed E-state index contributed by atoms with van der Waals surface area (Å²) in [6.45, 7) is 4.19. The summed E-state index contributed by atoms with van der Waals surface area (Å²) in [5.74, 6) is -0.834. The molecule has 0 saturated carbocycles. The molecular formula is C40H78NO8P. The first-order valence-corrected chi connectivity index (χ1v) is 21.9. The van der Waals surface area contributed by atoms with Gasteiger partial charge in [-0.2, -0.15) is 0 Å². The van der Waals surface area contributed by atoms with Crippen molar-refractivity contribution in [3.05, 3.63) is 12.2 Å². The molecule has 0 aliphatic heterocycles. The maximum atomic E-state index is 12.6. The number of unbranched alkanes of at least 4 members (excludes halogenated alkanes) is 21. The van der Waals surface area contributed by atoms with Crippen molar-refractivity contribution in [3.8, 4) is 0 Å². The lowest BCUT2D eigenvalue weighted by molar-refractivity contribution is -0.870. The first kappa shape index (κ1) is 48.8. The number of carbonyl (C=O) groups excluding carboxylic acids is 2. The number of allylic oxidation sites excluding steroid dienone is 2. The zero-order chi connectivity index (χ0) is 37.2. The lowest BCUT2D eigenvalue weighted by atomic mass is 10.1. The van der Waals surface area contributed by atoms with Gasteiger partial charge in [0.2, 0.25) is 0 Å². The Kier molecular flexibility index (Phi) is 32.7. The molecule has 0 N–H and O–H groups in total. The largest absolute Gasteiger partial charge is 0.756 e. The van der Waals surface area contributed by atoms with Crippen LogP contribution in [0.5, 0.6) is 0 Å². The molecule has 0 bridgehead atoms. The van der Waals surface area contributed by atoms with Crippen LogP contribution in [-0.4, -0.2) is 70.0 Å². The van der Waals surface area contributed by atoms with E-state index in [0.717, 1.165) is 38.5 Å². The van der Waals surface area contributed by atoms with E-state index in [1.807, 2.05) is 21.1 Å². The molecule has 0 fully saturated rings. The maximum Gasteiger partial charge on any atom is 0.306 e. The second-order valence-corrected chi connectivity index (χ2v) is 16.4. The first-order valence-electron chi connectivity index (χ1n) is 20.4. The molecule has 1 unspecified atom stereocenters. The van der Waals surface area contributed by atoms with Crippen LogP contribution < -0.4 is 4.89 Å². The van der Waals surface area contributed by atoms with E-state index in [0.29, 0.717) is 17.4 Å². The fourth-order valence-corrected chi connectivity index (χ4v) is 6.26. The van der Waals surface area contributed by atoms with E-state index in [9.17, 15) is 19.0 Å². The number of phosphoric acid groups is 1. The topological polar surface area (TPSA) is 111 Å². The minimum atomic E-state index is -4.61. The highest BCUT2D eigenvalue weighted by molar-refractivity contribution is 7.45. The van der Waals surface area contributed by atoms with Crippen molar-refractivity contribution in [1.29, 1.82) is 0 Å². The molecule has 50 heavy (non-hydrogen) atoms. The molecule has 9 nitrogen and oxygen atoms in total. The lowest BCUT2D eigenvalue weighted by Crippen LogP contribution is -2.37. The summed E-state index contributed by atoms with van der Waals surface area (Å²) in [6, 6.07) is 0. The molecule has 0 aromatic carbocycles. The number of nitrogens with zero attached hydrogens (tertiary/aromatic N) is 1. The van der Waals surface area contributed by atoms with Crippen molar-refractivity contribution in [3.63, 3.8) is 0 Å². The maximum absolute atomic E-state index is 12.6. The Morgan fingerprint density at radius 1 is 0.600 bits per heavy atom. The van der Waals surface area contributed by atoms with Gasteiger partial charge in [0.05, 0.1) is 27.7 Å². The number of likely N-dealkylation sites (N-methyl/N-ethyl adjacent to an activating group) is 1. The summed E-state index contributed by atoms with van der Waals surface area (Å²) in [5.41, 5.74) is 0. The minimum absolute atomic E-state index is 0.0283. The van der Waals surface area contributed by atoms with Crippen LogP contribution in [0.4, 0.5) is 0 Å². The highest BCUT2D eigenvalue weighted by atomic mass is 31.2. The van der Waals surface area contributed by atoms with Gasteiger partial charge in [-0.15, -0.1) is 0 Å². The summed E-state index contributed by atoms with van der Waals surface area (Å²) >= 11 is 0. The fraction of sp³-hybridized carbons (Fsp3) is 0.900. The second kappa shape index (κ2) is 33.6. The van der Waals surface area contributed by atoms with E-state index in [1.165, 1.54) is 109 Å². The van der Waals surface area contributed by atoms with Crippen LogP contribution in [-0.2, 0) is 32.7 Å². The molecule has 2 atom stereocenters. The second-order valence-electron chi connectivity index (χ2n) is 15.0. The molecule has 0 amide bonds. The number of rotatable bonds is 37. The van der Waals surface area contributed by atoms with Crippen LogP contribution >= 0.6 is 7.82 Å². The normalized spacial score (nSPS) is 13.8. The molecule has 10 heteroatoms. The molecule has 296 valence electrons. The number of hydrogen-bond acceptors (Lipinski definition) is 8. The fourth-order valence-electron chi connectivity index (χ4n) is 5.53. The average molecular weight is 732 g/mol. The van der Waals surface area contributed by atoms with Gasteiger partial charge in [0.25, 0.3) is 7.82 Å². The molecule has 0 heterocycles. The molecule has 0 aliphatic carbocycles. The molecule has 0 aromatic heterocycles. The first-order chi connectivity index (χ1) is 24.0. The number of hydrogen-bond donors (Lipinski definition) is 0. The third-order valence-electron chi connectivity index (χ3n) is 8.79. The van der Waals surface area contributed by atoms with Gasteiger partial charge in [-0.3, -0.25) is 14.2 Å². The summed E-state index contributed by atoms with van der Waals surface area (Å²) in [6.07, 6.45) is 32.4. The van der Waals surface area contributed by atoms with Crippen molar-refractivity contribution >= 4 is 19.8 Å². The quantitative estimate of drug-likeness (QED) is 0.0204. The van der Waals surface area contributed by atoms with Gasteiger partial charge in [0.1, 0.15) is 19.8 Å². The molecule has 0 radical (unpaired) electrons. The van der Waals surface area contributed by atoms with Crippen LogP contribution in [0, 0.1) is 0 Å². The van der Waals surface area contributed by atoms with E-state index >= 15 is 0 Å². The van der Waals surface area contributed by atoms with E-state index in [2.05, 4.69) is 26.0 Å². The van der Waals surface area contributed by atoms with Crippen molar-refractivity contribution in [1.82, 2.24) is 0 Å². The summed E-state index contributed by atoms with van der Waals surface area (Å²) < 4.78 is 33.7. The van der Waals surface area contributed by atoms with E-state index < -0.39 is 26.5 Å². The Bertz CT molecular complexity index is 876. The summed E-state index contributed by atoms with van der Waals surface area (Å²) in [4.78, 5) is 37.3. The van der Waals surface area contributed by atoms with Crippen molar-refractivity contribution in [2.45, 2.75) is 187 Å². The van der Waals surface area contributed by atoms with Gasteiger partial charge in [-0.25, -0.2) is 0 Å². The van der Waals surface area contributed by atoms with Crippen molar-refractivity contribution < 1.29 is 42.1 Å². The van der Waals surface area contributed by atoms with Crippen LogP contribution in [0.25, 0.3) is 0 Å². The van der Waals surface area contributed by atoms with Gasteiger partial charge < -0.3 is 27.9 Å². The summed E-state index contributed by atoms with van der Waals surface area (Å²) in [5, 5.41) is 0. The highest BCUT2D eigenvalue weighted by Gasteiger charge is 2.21. The number of quaternary nitrogens is 1. The number of carbonyl (C=O) groups is 2. The van der Waals surface area contributed by atoms with Crippen molar-refractivity contribution in [2.75, 3.05) is 47.5 Å². The Balaban J connectivity index is 4.30. The molecule has 0 aliphatic rings. The zero-order valence-corrected chi connectivity index (χ0v) is 34.0. The Labute approximate surface area is 307 Å². The van der Waals surface area contributed by atoms with E-state index in [1.54, 1.807) is 0 Å². The Hall–Kier alpha value is -1.25. The van der Waals surface area contributed by atoms with E-state index in [4.69, 9.17) is 18.5 Å². The lowest BCUT2D eigenvalue weighted by Gasteiger charge is -2.28. The molecule has 0 saturated heterocycles. The average Bonchev–Trinajstić information content (AvgIpc) is 3.06. The molecule has 0 aromatic rings. The van der Waals surface area contributed by atoms with Crippen molar-refractivity contribution in [2.24, 2.45) is 0 Å². The van der Waals surface area contributed by atoms with Gasteiger partial charge in [0, 0.05) is 12.8 Å². The Morgan fingerprint density at radius 2 is 1.02 bits per heavy atom. The van der Waals surface area contributed by atoms with Crippen LogP contribution in [0.2, 0.25) is 0 Å². The SMILES string of the molecule is CCCCCC/C=C/CCCCCCCCCCCC(=O)OC[C@@H](COP(=O)([O-])OCC[N+](C)(C)C)OC(=O)CCCCCCCCCCC. The standard InChI is InChI=1S/C40H78NO8P/c1-6-8-10-12-14-16-17-18-19-20-21-22-23-25-26-28-30-32-39(42)46-36-38(37-48-50(44,45)47-35-34-41(3,4)5)49-40(43)33-31-29-27-24-15-13-11-9-7-2/h16-17,38H,6-15,18-37H2,1-5H3/b17-16+/t38-/m0/s1. The third kappa shape index (κ3) is 36.5. The Morgan fingerprint density at radius 3 is 1.50 bits per heavy atom. The molecular weight excluding hydrogens is 653 g/mol. The van der Waals surface area contributed by atoms with Crippen LogP contribution in [0.1, 0.15) is 181 Å². The molecule has 0 rings (SSSR count). The number of ether oxygens (including phenoxy) is 2.